The van der Waals surface area contributed by atoms with Gasteiger partial charge in [0.05, 0.1) is 19.4 Å². The first kappa shape index (κ1) is 24.7. The average Bonchev–Trinajstić information content (AvgIpc) is 2.93. The maximum Gasteiger partial charge on any atom is 0.433 e. The number of cyclic esters (lactones) is 1. The van der Waals surface area contributed by atoms with Crippen molar-refractivity contribution in [2.24, 2.45) is 5.10 Å². The Hall–Kier alpha value is -4.40. The van der Waals surface area contributed by atoms with Gasteiger partial charge < -0.3 is 19.5 Å². The number of amides is 2. The highest BCUT2D eigenvalue weighted by molar-refractivity contribution is 5.95. The van der Waals surface area contributed by atoms with Crippen LogP contribution in [0.1, 0.15) is 41.0 Å². The van der Waals surface area contributed by atoms with E-state index in [1.54, 1.807) is 19.2 Å². The number of carbonyl (C=O) groups excluding carboxylic acids is 2. The van der Waals surface area contributed by atoms with Crippen molar-refractivity contribution in [3.8, 4) is 11.5 Å². The molecule has 1 aliphatic heterocycles. The van der Waals surface area contributed by atoms with Gasteiger partial charge in [-0.1, -0.05) is 36.4 Å². The molecule has 2 aromatic carbocycles. The van der Waals surface area contributed by atoms with Crippen LogP contribution >= 0.6 is 0 Å². The molecule has 1 aromatic heterocycles. The van der Waals surface area contributed by atoms with Crippen LogP contribution in [0.25, 0.3) is 0 Å². The lowest BCUT2D eigenvalue weighted by molar-refractivity contribution is 0.0695. The minimum atomic E-state index is -0.847. The number of rotatable bonds is 10. The molecule has 1 unspecified atom stereocenters. The number of benzene rings is 2. The summed E-state index contributed by atoms with van der Waals surface area (Å²) in [4.78, 5) is 29.6. The summed E-state index contributed by atoms with van der Waals surface area (Å²) in [5.41, 5.74) is 2.83. The third-order valence-corrected chi connectivity index (χ3v) is 5.60. The van der Waals surface area contributed by atoms with Crippen molar-refractivity contribution in [1.29, 1.82) is 0 Å². The predicted molar refractivity (Wildman–Crippen MR) is 134 cm³/mol. The number of hydrogen-bond acceptors (Lipinski definition) is 7. The highest BCUT2D eigenvalue weighted by Crippen LogP contribution is 2.29. The van der Waals surface area contributed by atoms with E-state index in [0.29, 0.717) is 47.8 Å². The van der Waals surface area contributed by atoms with E-state index in [1.165, 1.54) is 17.4 Å². The second kappa shape index (κ2) is 11.8. The Morgan fingerprint density at radius 1 is 1.08 bits per heavy atom. The quantitative estimate of drug-likeness (QED) is 0.455. The van der Waals surface area contributed by atoms with Gasteiger partial charge in [-0.2, -0.15) is 10.1 Å². The maximum absolute atomic E-state index is 12.9. The summed E-state index contributed by atoms with van der Waals surface area (Å²) < 4.78 is 16.5. The molecule has 4 rings (SSSR count). The van der Waals surface area contributed by atoms with Crippen molar-refractivity contribution in [3.63, 3.8) is 0 Å². The molecule has 1 atom stereocenters. The highest BCUT2D eigenvalue weighted by atomic mass is 16.6. The van der Waals surface area contributed by atoms with E-state index in [2.05, 4.69) is 15.4 Å². The molecular weight excluding hydrogens is 460 g/mol. The largest absolute Gasteiger partial charge is 0.493 e. The number of ether oxygens (including phenoxy) is 3. The van der Waals surface area contributed by atoms with Crippen LogP contribution in [0.2, 0.25) is 0 Å². The van der Waals surface area contributed by atoms with Crippen LogP contribution in [-0.2, 0) is 11.2 Å². The molecule has 36 heavy (non-hydrogen) atoms. The molecule has 0 fully saturated rings. The number of nitrogens with zero attached hydrogens (tertiary/aromatic N) is 3. The van der Waals surface area contributed by atoms with E-state index < -0.39 is 12.3 Å². The van der Waals surface area contributed by atoms with Gasteiger partial charge in [0.15, 0.2) is 17.7 Å². The Kier molecular flexibility index (Phi) is 8.12. The third-order valence-electron chi connectivity index (χ3n) is 5.60. The van der Waals surface area contributed by atoms with E-state index >= 15 is 0 Å². The Bertz CT molecular complexity index is 1220. The molecule has 0 saturated heterocycles. The summed E-state index contributed by atoms with van der Waals surface area (Å²) in [7, 11) is 1.61. The van der Waals surface area contributed by atoms with E-state index in [9.17, 15) is 9.59 Å². The molecule has 1 aliphatic rings. The van der Waals surface area contributed by atoms with Crippen molar-refractivity contribution in [2.45, 2.75) is 25.9 Å². The zero-order valence-corrected chi connectivity index (χ0v) is 20.2. The van der Waals surface area contributed by atoms with E-state index in [0.717, 1.165) is 5.56 Å². The second-order valence-corrected chi connectivity index (χ2v) is 8.01. The van der Waals surface area contributed by atoms with Gasteiger partial charge in [-0.15, -0.1) is 0 Å². The fraction of sp³-hybridized carbons (Fsp3) is 0.259. The fourth-order valence-corrected chi connectivity index (χ4v) is 3.78. The minimum Gasteiger partial charge on any atom is -0.493 e. The molecule has 1 N–H and O–H groups in total. The lowest BCUT2D eigenvalue weighted by atomic mass is 10.1. The summed E-state index contributed by atoms with van der Waals surface area (Å²) in [6.45, 7) is 2.56. The van der Waals surface area contributed by atoms with Crippen molar-refractivity contribution >= 4 is 17.7 Å². The van der Waals surface area contributed by atoms with Gasteiger partial charge in [-0.25, -0.2) is 4.79 Å². The number of nitrogens with one attached hydrogen (secondary N) is 1. The first-order chi connectivity index (χ1) is 17.6. The van der Waals surface area contributed by atoms with Gasteiger partial charge >= 0.3 is 6.09 Å². The molecule has 186 valence electrons. The molecule has 9 nitrogen and oxygen atoms in total. The summed E-state index contributed by atoms with van der Waals surface area (Å²) in [6.07, 6.45) is 2.81. The van der Waals surface area contributed by atoms with Gasteiger partial charge in [0, 0.05) is 18.0 Å². The van der Waals surface area contributed by atoms with Crippen molar-refractivity contribution < 1.29 is 23.8 Å². The smallest absolute Gasteiger partial charge is 0.433 e. The molecule has 0 aliphatic carbocycles. The van der Waals surface area contributed by atoms with E-state index in [1.807, 2.05) is 55.5 Å². The first-order valence-corrected chi connectivity index (χ1v) is 11.7. The summed E-state index contributed by atoms with van der Waals surface area (Å²) in [5.74, 6) is 0.994. The zero-order valence-electron chi connectivity index (χ0n) is 20.2. The minimum absolute atomic E-state index is 0.0866. The van der Waals surface area contributed by atoms with E-state index in [4.69, 9.17) is 14.2 Å². The normalized spacial score (nSPS) is 13.9. The van der Waals surface area contributed by atoms with Gasteiger partial charge in [0.1, 0.15) is 6.61 Å². The number of hydrogen-bond donors (Lipinski definition) is 1. The topological polar surface area (TPSA) is 102 Å². The molecule has 0 bridgehead atoms. The highest BCUT2D eigenvalue weighted by Gasteiger charge is 2.32. The number of carbonyl (C=O) groups is 2. The number of methoxy groups -OCH3 is 1. The predicted octanol–water partition coefficient (Wildman–Crippen LogP) is 4.36. The Balaban J connectivity index is 1.54. The lowest BCUT2D eigenvalue weighted by Crippen LogP contribution is -2.45. The Labute approximate surface area is 209 Å². The van der Waals surface area contributed by atoms with Crippen LogP contribution in [0.15, 0.2) is 78.2 Å². The zero-order chi connectivity index (χ0) is 25.3. The monoisotopic (exact) mass is 488 g/mol. The number of hydrazone groups is 1. The van der Waals surface area contributed by atoms with Gasteiger partial charge in [0.2, 0.25) is 0 Å². The molecule has 3 aromatic rings. The molecule has 0 radical (unpaired) electrons. The number of aromatic nitrogens is 1. The van der Waals surface area contributed by atoms with Crippen molar-refractivity contribution in [1.82, 2.24) is 15.3 Å². The van der Waals surface area contributed by atoms with Crippen LogP contribution in [0.3, 0.4) is 0 Å². The van der Waals surface area contributed by atoms with Gasteiger partial charge in [0.25, 0.3) is 5.91 Å². The SMILES string of the molecule is CCOc1ccc(CCC2=NN(C(NC(=O)c3ccncc3)c3ccccc3)C(=O)OC2)cc1OC. The van der Waals surface area contributed by atoms with Crippen LogP contribution in [0, 0.1) is 0 Å². The Morgan fingerprint density at radius 2 is 1.86 bits per heavy atom. The summed E-state index contributed by atoms with van der Waals surface area (Å²) >= 11 is 0. The van der Waals surface area contributed by atoms with Crippen molar-refractivity contribution in [2.75, 3.05) is 20.3 Å². The average molecular weight is 489 g/mol. The second-order valence-electron chi connectivity index (χ2n) is 8.01. The Morgan fingerprint density at radius 3 is 2.58 bits per heavy atom. The maximum atomic E-state index is 12.9. The molecule has 2 amide bonds. The van der Waals surface area contributed by atoms with E-state index in [-0.39, 0.29) is 12.5 Å². The first-order valence-electron chi connectivity index (χ1n) is 11.7. The van der Waals surface area contributed by atoms with Crippen molar-refractivity contribution in [3.05, 3.63) is 89.7 Å². The molecule has 2 heterocycles. The molecular formula is C27H28N4O5. The van der Waals surface area contributed by atoms with Crippen LogP contribution in [0.5, 0.6) is 11.5 Å². The summed E-state index contributed by atoms with van der Waals surface area (Å²) in [6, 6.07) is 18.2. The number of pyridine rings is 1. The third kappa shape index (κ3) is 5.99. The van der Waals surface area contributed by atoms with Crippen LogP contribution in [0.4, 0.5) is 4.79 Å². The lowest BCUT2D eigenvalue weighted by Gasteiger charge is -2.31. The van der Waals surface area contributed by atoms with Gasteiger partial charge in [-0.05, 0) is 55.2 Å². The summed E-state index contributed by atoms with van der Waals surface area (Å²) in [5, 5.41) is 8.67. The fourth-order valence-electron chi connectivity index (χ4n) is 3.78. The van der Waals surface area contributed by atoms with Crippen LogP contribution < -0.4 is 14.8 Å². The molecule has 0 saturated carbocycles. The standard InChI is InChI=1S/C27H28N4O5/c1-3-35-23-12-10-19(17-24(23)34-2)9-11-22-18-36-27(33)31(30-22)25(20-7-5-4-6-8-20)29-26(32)21-13-15-28-16-14-21/h4-8,10,12-17,25H,3,9,11,18H2,1-2H3,(H,29,32). The molecule has 0 spiro atoms. The number of aryl methyl sites for hydroxylation is 1. The van der Waals surface area contributed by atoms with Crippen LogP contribution in [-0.4, -0.2) is 48.0 Å². The molecule has 9 heteroatoms. The van der Waals surface area contributed by atoms with Gasteiger partial charge in [-0.3, -0.25) is 9.78 Å².